The zero-order chi connectivity index (χ0) is 15.4. The molecule has 2 aromatic rings. The molecule has 0 aliphatic rings. The van der Waals surface area contributed by atoms with Gasteiger partial charge in [-0.2, -0.15) is 0 Å². The van der Waals surface area contributed by atoms with Gasteiger partial charge in [-0.1, -0.05) is 18.7 Å². The highest BCUT2D eigenvalue weighted by Gasteiger charge is 2.12. The zero-order valence-electron chi connectivity index (χ0n) is 10.9. The first-order valence-electron chi connectivity index (χ1n) is 5.97. The van der Waals surface area contributed by atoms with Crippen molar-refractivity contribution in [3.63, 3.8) is 0 Å². The van der Waals surface area contributed by atoms with E-state index in [9.17, 15) is 18.7 Å². The Bertz CT molecular complexity index is 702. The van der Waals surface area contributed by atoms with Crippen molar-refractivity contribution in [2.75, 3.05) is 0 Å². The van der Waals surface area contributed by atoms with Crippen LogP contribution < -0.4 is 10.9 Å². The molecule has 2 rings (SSSR count). The van der Waals surface area contributed by atoms with E-state index in [4.69, 9.17) is 0 Å². The SMILES string of the molecule is C=C(NNC(=O)c1ccccc1F)c1cc(F)ccc1O. The monoisotopic (exact) mass is 290 g/mol. The van der Waals surface area contributed by atoms with Crippen molar-refractivity contribution >= 4 is 11.6 Å². The van der Waals surface area contributed by atoms with Gasteiger partial charge in [-0.05, 0) is 30.3 Å². The Morgan fingerprint density at radius 3 is 2.48 bits per heavy atom. The Morgan fingerprint density at radius 1 is 1.05 bits per heavy atom. The fourth-order valence-corrected chi connectivity index (χ4v) is 1.66. The lowest BCUT2D eigenvalue weighted by Gasteiger charge is -2.12. The van der Waals surface area contributed by atoms with Crippen molar-refractivity contribution < 1.29 is 18.7 Å². The fourth-order valence-electron chi connectivity index (χ4n) is 1.66. The molecule has 0 saturated carbocycles. The summed E-state index contributed by atoms with van der Waals surface area (Å²) in [4.78, 5) is 11.8. The summed E-state index contributed by atoms with van der Waals surface area (Å²) in [7, 11) is 0. The van der Waals surface area contributed by atoms with Gasteiger partial charge >= 0.3 is 0 Å². The number of hydrazine groups is 1. The molecule has 1 amide bonds. The van der Waals surface area contributed by atoms with E-state index in [-0.39, 0.29) is 22.6 Å². The second-order valence-electron chi connectivity index (χ2n) is 4.20. The summed E-state index contributed by atoms with van der Waals surface area (Å²) in [5, 5.41) is 9.59. The van der Waals surface area contributed by atoms with Gasteiger partial charge in [0, 0.05) is 5.56 Å². The third kappa shape index (κ3) is 3.36. The Kier molecular flexibility index (Phi) is 4.18. The van der Waals surface area contributed by atoms with Crippen LogP contribution >= 0.6 is 0 Å². The molecule has 0 atom stereocenters. The predicted octanol–water partition coefficient (Wildman–Crippen LogP) is 2.58. The van der Waals surface area contributed by atoms with Gasteiger partial charge in [-0.25, -0.2) is 8.78 Å². The molecule has 21 heavy (non-hydrogen) atoms. The molecule has 0 aromatic heterocycles. The summed E-state index contributed by atoms with van der Waals surface area (Å²) in [6.07, 6.45) is 0. The maximum absolute atomic E-state index is 13.4. The maximum atomic E-state index is 13.4. The molecule has 0 aliphatic carbocycles. The van der Waals surface area contributed by atoms with Gasteiger partial charge in [0.1, 0.15) is 17.4 Å². The van der Waals surface area contributed by atoms with Crippen molar-refractivity contribution in [2.24, 2.45) is 0 Å². The van der Waals surface area contributed by atoms with Gasteiger partial charge in [-0.3, -0.25) is 15.6 Å². The largest absolute Gasteiger partial charge is 0.507 e. The van der Waals surface area contributed by atoms with Crippen LogP contribution in [0.1, 0.15) is 15.9 Å². The number of hydrogen-bond donors (Lipinski definition) is 3. The number of phenolic OH excluding ortho intramolecular Hbond substituents is 1. The Morgan fingerprint density at radius 2 is 1.76 bits per heavy atom. The number of phenols is 1. The first kappa shape index (κ1) is 14.5. The minimum Gasteiger partial charge on any atom is -0.507 e. The van der Waals surface area contributed by atoms with Crippen LogP contribution in [0.15, 0.2) is 49.0 Å². The van der Waals surface area contributed by atoms with Crippen LogP contribution in [0.5, 0.6) is 5.75 Å². The summed E-state index contributed by atoms with van der Waals surface area (Å²) >= 11 is 0. The average Bonchev–Trinajstić information content (AvgIpc) is 2.47. The van der Waals surface area contributed by atoms with Gasteiger partial charge in [-0.15, -0.1) is 0 Å². The molecule has 3 N–H and O–H groups in total. The van der Waals surface area contributed by atoms with Crippen molar-refractivity contribution in [2.45, 2.75) is 0 Å². The van der Waals surface area contributed by atoms with E-state index >= 15 is 0 Å². The van der Waals surface area contributed by atoms with Crippen LogP contribution in [0.3, 0.4) is 0 Å². The standard InChI is InChI=1S/C15H12F2N2O2/c1-9(12-8-10(16)6-7-14(12)20)18-19-15(21)11-4-2-3-5-13(11)17/h2-8,18,20H,1H2,(H,19,21). The van der Waals surface area contributed by atoms with Gasteiger partial charge in [0.05, 0.1) is 11.3 Å². The van der Waals surface area contributed by atoms with E-state index in [0.29, 0.717) is 0 Å². The molecule has 0 unspecified atom stereocenters. The summed E-state index contributed by atoms with van der Waals surface area (Å²) in [6.45, 7) is 3.57. The number of aromatic hydroxyl groups is 1. The summed E-state index contributed by atoms with van der Waals surface area (Å²) in [6, 6.07) is 8.76. The molecule has 0 heterocycles. The van der Waals surface area contributed by atoms with E-state index in [1.165, 1.54) is 18.2 Å². The quantitative estimate of drug-likeness (QED) is 0.758. The lowest BCUT2D eigenvalue weighted by Crippen LogP contribution is -2.36. The molecule has 0 aliphatic heterocycles. The first-order chi connectivity index (χ1) is 9.99. The maximum Gasteiger partial charge on any atom is 0.272 e. The third-order valence-electron chi connectivity index (χ3n) is 2.73. The van der Waals surface area contributed by atoms with E-state index < -0.39 is 17.5 Å². The highest BCUT2D eigenvalue weighted by molar-refractivity contribution is 5.94. The first-order valence-corrected chi connectivity index (χ1v) is 5.97. The van der Waals surface area contributed by atoms with Crippen LogP contribution in [0, 0.1) is 11.6 Å². The average molecular weight is 290 g/mol. The Labute approximate surface area is 119 Å². The van der Waals surface area contributed by atoms with Gasteiger partial charge in [0.2, 0.25) is 0 Å². The third-order valence-corrected chi connectivity index (χ3v) is 2.73. The molecular formula is C15H12F2N2O2. The predicted molar refractivity (Wildman–Crippen MR) is 74.1 cm³/mol. The number of carbonyl (C=O) groups excluding carboxylic acids is 1. The van der Waals surface area contributed by atoms with Crippen LogP contribution in [0.2, 0.25) is 0 Å². The van der Waals surface area contributed by atoms with E-state index in [0.717, 1.165) is 24.3 Å². The Hall–Kier alpha value is -2.89. The molecule has 2 aromatic carbocycles. The van der Waals surface area contributed by atoms with E-state index in [1.54, 1.807) is 0 Å². The number of carbonyl (C=O) groups is 1. The van der Waals surface area contributed by atoms with Gasteiger partial charge in [0.25, 0.3) is 5.91 Å². The second-order valence-corrected chi connectivity index (χ2v) is 4.20. The molecule has 6 heteroatoms. The molecule has 0 fully saturated rings. The lowest BCUT2D eigenvalue weighted by molar-refractivity contribution is 0.0938. The zero-order valence-corrected chi connectivity index (χ0v) is 10.9. The highest BCUT2D eigenvalue weighted by Crippen LogP contribution is 2.22. The summed E-state index contributed by atoms with van der Waals surface area (Å²) in [5.41, 5.74) is 4.63. The van der Waals surface area contributed by atoms with Crippen molar-refractivity contribution in [1.29, 1.82) is 0 Å². The number of hydrogen-bond acceptors (Lipinski definition) is 3. The minimum absolute atomic E-state index is 0.0664. The highest BCUT2D eigenvalue weighted by atomic mass is 19.1. The molecule has 0 saturated heterocycles. The number of rotatable bonds is 4. The number of amides is 1. The lowest BCUT2D eigenvalue weighted by atomic mass is 10.1. The number of benzene rings is 2. The second kappa shape index (κ2) is 6.04. The topological polar surface area (TPSA) is 61.4 Å². The van der Waals surface area contributed by atoms with Gasteiger partial charge in [0.15, 0.2) is 0 Å². The van der Waals surface area contributed by atoms with Gasteiger partial charge < -0.3 is 5.11 Å². The molecule has 0 bridgehead atoms. The molecule has 108 valence electrons. The van der Waals surface area contributed by atoms with E-state index in [2.05, 4.69) is 17.4 Å². The van der Waals surface area contributed by atoms with Crippen molar-refractivity contribution in [1.82, 2.24) is 10.9 Å². The van der Waals surface area contributed by atoms with Crippen molar-refractivity contribution in [3.05, 3.63) is 71.8 Å². The van der Waals surface area contributed by atoms with Crippen LogP contribution in [0.4, 0.5) is 8.78 Å². The van der Waals surface area contributed by atoms with E-state index in [1.807, 2.05) is 0 Å². The molecule has 0 spiro atoms. The number of halogens is 2. The van der Waals surface area contributed by atoms with Crippen LogP contribution in [-0.4, -0.2) is 11.0 Å². The summed E-state index contributed by atoms with van der Waals surface area (Å²) < 4.78 is 26.5. The molecular weight excluding hydrogens is 278 g/mol. The summed E-state index contributed by atoms with van der Waals surface area (Å²) in [5.74, 6) is -2.15. The minimum atomic E-state index is -0.717. The van der Waals surface area contributed by atoms with Crippen molar-refractivity contribution in [3.8, 4) is 5.75 Å². The normalized spacial score (nSPS) is 10.0. The fraction of sp³-hybridized carbons (Fsp3) is 0. The molecule has 4 nitrogen and oxygen atoms in total. The van der Waals surface area contributed by atoms with Crippen LogP contribution in [0.25, 0.3) is 5.70 Å². The molecule has 0 radical (unpaired) electrons. The number of nitrogens with one attached hydrogen (secondary N) is 2. The smallest absolute Gasteiger partial charge is 0.272 e. The van der Waals surface area contributed by atoms with Crippen LogP contribution in [-0.2, 0) is 0 Å². The Balaban J connectivity index is 2.06.